The van der Waals surface area contributed by atoms with Gasteiger partial charge >= 0.3 is 0 Å². The van der Waals surface area contributed by atoms with E-state index in [1.54, 1.807) is 30.0 Å². The van der Waals surface area contributed by atoms with Gasteiger partial charge in [-0.25, -0.2) is 0 Å². The number of fused-ring (bicyclic) bond motifs is 1. The van der Waals surface area contributed by atoms with E-state index in [1.807, 2.05) is 0 Å². The fraction of sp³-hybridized carbons (Fsp3) is 0.533. The Balaban J connectivity index is 2.41. The molecule has 1 amide bonds. The molecule has 0 fully saturated rings. The summed E-state index contributed by atoms with van der Waals surface area (Å²) in [6.07, 6.45) is -0.742. The molecule has 0 saturated carbocycles. The molecule has 1 aromatic rings. The first kappa shape index (κ1) is 14.8. The van der Waals surface area contributed by atoms with Crippen LogP contribution in [0.25, 0.3) is 0 Å². The maximum atomic E-state index is 11.9. The third kappa shape index (κ3) is 2.78. The number of nitrogens with zero attached hydrogens (tertiary/aromatic N) is 1. The summed E-state index contributed by atoms with van der Waals surface area (Å²) in [5, 5.41) is 9.83. The van der Waals surface area contributed by atoms with Crippen molar-refractivity contribution in [3.8, 4) is 5.75 Å². The minimum absolute atomic E-state index is 0.0170. The van der Waals surface area contributed by atoms with Gasteiger partial charge in [0.1, 0.15) is 11.9 Å². The van der Waals surface area contributed by atoms with Crippen LogP contribution < -0.4 is 15.4 Å². The third-order valence-corrected chi connectivity index (χ3v) is 3.65. The number of carbonyl (C=O) groups excluding carboxylic acids is 1. The molecule has 5 nitrogen and oxygen atoms in total. The summed E-state index contributed by atoms with van der Waals surface area (Å²) >= 11 is 0. The number of benzene rings is 1. The van der Waals surface area contributed by atoms with Crippen LogP contribution >= 0.6 is 0 Å². The van der Waals surface area contributed by atoms with Gasteiger partial charge in [0.25, 0.3) is 0 Å². The zero-order valence-corrected chi connectivity index (χ0v) is 12.2. The summed E-state index contributed by atoms with van der Waals surface area (Å²) in [7, 11) is 0. The van der Waals surface area contributed by atoms with Gasteiger partial charge in [-0.05, 0) is 23.6 Å². The Morgan fingerprint density at radius 2 is 2.25 bits per heavy atom. The number of carbonyl (C=O) groups is 1. The molecule has 1 aliphatic rings. The molecular weight excluding hydrogens is 256 g/mol. The van der Waals surface area contributed by atoms with E-state index in [0.29, 0.717) is 29.5 Å². The summed E-state index contributed by atoms with van der Waals surface area (Å²) < 4.78 is 5.94. The van der Waals surface area contributed by atoms with Crippen LogP contribution in [0, 0.1) is 5.92 Å². The molecule has 2 atom stereocenters. The molecule has 1 aliphatic heterocycles. The van der Waals surface area contributed by atoms with Crippen LogP contribution in [0.4, 0.5) is 5.69 Å². The number of aliphatic hydroxyl groups is 1. The minimum Gasteiger partial charge on any atom is -0.486 e. The number of hydrogen-bond acceptors (Lipinski definition) is 4. The molecule has 0 aromatic heterocycles. The monoisotopic (exact) mass is 278 g/mol. The molecule has 1 heterocycles. The van der Waals surface area contributed by atoms with Crippen molar-refractivity contribution >= 4 is 11.6 Å². The fourth-order valence-corrected chi connectivity index (χ4v) is 2.31. The molecule has 0 aliphatic carbocycles. The Hall–Kier alpha value is -1.59. The third-order valence-electron chi connectivity index (χ3n) is 3.65. The number of rotatable bonds is 3. The summed E-state index contributed by atoms with van der Waals surface area (Å²) in [5.74, 6) is 0.969. The summed E-state index contributed by atoms with van der Waals surface area (Å²) in [4.78, 5) is 13.6. The second-order valence-electron chi connectivity index (χ2n) is 5.51. The largest absolute Gasteiger partial charge is 0.486 e. The molecule has 0 spiro atoms. The van der Waals surface area contributed by atoms with Gasteiger partial charge in [-0.15, -0.1) is 0 Å². The van der Waals surface area contributed by atoms with Crippen LogP contribution in [0.1, 0.15) is 32.4 Å². The number of amides is 1. The predicted octanol–water partition coefficient (Wildman–Crippen LogP) is 1.45. The van der Waals surface area contributed by atoms with Crippen LogP contribution in [0.5, 0.6) is 5.75 Å². The normalized spacial score (nSPS) is 19.5. The van der Waals surface area contributed by atoms with Crippen LogP contribution in [-0.2, 0) is 4.79 Å². The second kappa shape index (κ2) is 5.81. The van der Waals surface area contributed by atoms with Gasteiger partial charge in [-0.2, -0.15) is 0 Å². The smallest absolute Gasteiger partial charge is 0.224 e. The lowest BCUT2D eigenvalue weighted by Gasteiger charge is -2.36. The van der Waals surface area contributed by atoms with Crippen molar-refractivity contribution in [2.45, 2.75) is 33.0 Å². The van der Waals surface area contributed by atoms with Crippen molar-refractivity contribution in [2.75, 3.05) is 18.0 Å². The number of aliphatic hydroxyl groups excluding tert-OH is 1. The van der Waals surface area contributed by atoms with Gasteiger partial charge in [0.15, 0.2) is 0 Å². The van der Waals surface area contributed by atoms with E-state index >= 15 is 0 Å². The zero-order valence-electron chi connectivity index (χ0n) is 12.2. The lowest BCUT2D eigenvalue weighted by atomic mass is 10.0. The number of hydrogen-bond donors (Lipinski definition) is 2. The van der Waals surface area contributed by atoms with E-state index in [-0.39, 0.29) is 18.6 Å². The number of ether oxygens (including phenoxy) is 1. The van der Waals surface area contributed by atoms with Crippen molar-refractivity contribution in [1.82, 2.24) is 0 Å². The van der Waals surface area contributed by atoms with Crippen molar-refractivity contribution in [1.29, 1.82) is 0 Å². The highest BCUT2D eigenvalue weighted by atomic mass is 16.5. The lowest BCUT2D eigenvalue weighted by molar-refractivity contribution is -0.117. The zero-order chi connectivity index (χ0) is 14.9. The summed E-state index contributed by atoms with van der Waals surface area (Å²) in [5.41, 5.74) is 6.88. The van der Waals surface area contributed by atoms with Crippen LogP contribution in [-0.4, -0.2) is 30.2 Å². The van der Waals surface area contributed by atoms with Gasteiger partial charge < -0.3 is 20.5 Å². The molecule has 0 radical (unpaired) electrons. The highest BCUT2D eigenvalue weighted by Crippen LogP contribution is 2.37. The maximum Gasteiger partial charge on any atom is 0.224 e. The lowest BCUT2D eigenvalue weighted by Crippen LogP contribution is -2.45. The Kier molecular flexibility index (Phi) is 4.30. The molecule has 2 unspecified atom stereocenters. The maximum absolute atomic E-state index is 11.9. The fourth-order valence-electron chi connectivity index (χ4n) is 2.31. The molecule has 20 heavy (non-hydrogen) atoms. The minimum atomic E-state index is -0.725. The number of nitrogens with two attached hydrogens (primary N) is 1. The Morgan fingerprint density at radius 1 is 1.55 bits per heavy atom. The molecule has 0 saturated heterocycles. The Labute approximate surface area is 119 Å². The van der Waals surface area contributed by atoms with Gasteiger partial charge in [0, 0.05) is 13.5 Å². The number of anilines is 1. The summed E-state index contributed by atoms with van der Waals surface area (Å²) in [6, 6.07) is 5.37. The van der Waals surface area contributed by atoms with Crippen molar-refractivity contribution in [2.24, 2.45) is 11.7 Å². The highest BCUT2D eigenvalue weighted by molar-refractivity contribution is 5.93. The van der Waals surface area contributed by atoms with Crippen LogP contribution in [0.15, 0.2) is 18.2 Å². The topological polar surface area (TPSA) is 75.8 Å². The predicted molar refractivity (Wildman–Crippen MR) is 77.7 cm³/mol. The van der Waals surface area contributed by atoms with Gasteiger partial charge in [0.05, 0.1) is 18.3 Å². The molecule has 3 N–H and O–H groups in total. The Morgan fingerprint density at radius 3 is 2.80 bits per heavy atom. The van der Waals surface area contributed by atoms with Crippen molar-refractivity contribution < 1.29 is 14.6 Å². The standard InChI is InChI=1S/C15H22N2O3/c1-9(2)15-8-17(10(3)18)12-6-11(13(19)7-16)4-5-14(12)20-15/h4-6,9,13,15,19H,7-8,16H2,1-3H3. The molecule has 110 valence electrons. The van der Waals surface area contributed by atoms with Crippen LogP contribution in [0.2, 0.25) is 0 Å². The molecule has 0 bridgehead atoms. The Bertz CT molecular complexity index is 502. The molecule has 5 heteroatoms. The van der Waals surface area contributed by atoms with E-state index in [9.17, 15) is 9.90 Å². The van der Waals surface area contributed by atoms with Crippen molar-refractivity contribution in [3.63, 3.8) is 0 Å². The van der Waals surface area contributed by atoms with E-state index in [0.717, 1.165) is 0 Å². The second-order valence-corrected chi connectivity index (χ2v) is 5.51. The molecular formula is C15H22N2O3. The van der Waals surface area contributed by atoms with E-state index < -0.39 is 6.10 Å². The quantitative estimate of drug-likeness (QED) is 0.877. The van der Waals surface area contributed by atoms with Gasteiger partial charge in [-0.3, -0.25) is 4.79 Å². The van der Waals surface area contributed by atoms with E-state index in [2.05, 4.69) is 13.8 Å². The first-order valence-electron chi connectivity index (χ1n) is 6.91. The first-order chi connectivity index (χ1) is 9.43. The van der Waals surface area contributed by atoms with Gasteiger partial charge in [0.2, 0.25) is 5.91 Å². The van der Waals surface area contributed by atoms with E-state index in [4.69, 9.17) is 10.5 Å². The molecule has 1 aromatic carbocycles. The van der Waals surface area contributed by atoms with Gasteiger partial charge in [-0.1, -0.05) is 19.9 Å². The van der Waals surface area contributed by atoms with Crippen LogP contribution in [0.3, 0.4) is 0 Å². The van der Waals surface area contributed by atoms with Crippen molar-refractivity contribution in [3.05, 3.63) is 23.8 Å². The average molecular weight is 278 g/mol. The highest BCUT2D eigenvalue weighted by Gasteiger charge is 2.30. The van der Waals surface area contributed by atoms with E-state index in [1.165, 1.54) is 0 Å². The SMILES string of the molecule is CC(=O)N1CC(C(C)C)Oc2ccc(C(O)CN)cc21. The first-order valence-corrected chi connectivity index (χ1v) is 6.91. The average Bonchev–Trinajstić information content (AvgIpc) is 2.44. The molecule has 2 rings (SSSR count). The summed E-state index contributed by atoms with van der Waals surface area (Å²) in [6.45, 7) is 6.36.